The molecule has 1 fully saturated rings. The maximum Gasteiger partial charge on any atom is 0.238 e. The van der Waals surface area contributed by atoms with Crippen LogP contribution in [0.2, 0.25) is 0 Å². The zero-order valence-electron chi connectivity index (χ0n) is 7.47. The van der Waals surface area contributed by atoms with E-state index in [2.05, 4.69) is 0 Å². The molecule has 0 N–H and O–H groups in total. The van der Waals surface area contributed by atoms with Crippen LogP contribution in [0.1, 0.15) is 13.8 Å². The van der Waals surface area contributed by atoms with E-state index in [1.54, 1.807) is 4.90 Å². The van der Waals surface area contributed by atoms with Crippen LogP contribution in [0.3, 0.4) is 0 Å². The summed E-state index contributed by atoms with van der Waals surface area (Å²) in [5, 5.41) is 0. The Hall–Kier alpha value is -0.280. The van der Waals surface area contributed by atoms with E-state index in [4.69, 9.17) is 16.3 Å². The van der Waals surface area contributed by atoms with Gasteiger partial charge in [-0.3, -0.25) is 4.79 Å². The highest BCUT2D eigenvalue weighted by molar-refractivity contribution is 6.27. The lowest BCUT2D eigenvalue weighted by Gasteiger charge is -2.41. The van der Waals surface area contributed by atoms with E-state index in [0.717, 1.165) is 0 Å². The molecule has 0 radical (unpaired) electrons. The van der Waals surface area contributed by atoms with Gasteiger partial charge in [0.2, 0.25) is 5.91 Å². The van der Waals surface area contributed by atoms with Gasteiger partial charge in [0.05, 0.1) is 18.8 Å². The molecule has 0 aromatic carbocycles. The Balaban J connectivity index is 2.66. The van der Waals surface area contributed by atoms with Crippen molar-refractivity contribution in [1.82, 2.24) is 4.90 Å². The normalized spacial score (nSPS) is 22.4. The summed E-state index contributed by atoms with van der Waals surface area (Å²) in [6.45, 7) is 5.83. The molecule has 1 aliphatic heterocycles. The van der Waals surface area contributed by atoms with E-state index < -0.39 is 0 Å². The summed E-state index contributed by atoms with van der Waals surface area (Å²) in [4.78, 5) is 13.1. The number of alkyl halides is 1. The number of amides is 1. The summed E-state index contributed by atoms with van der Waals surface area (Å²) < 4.78 is 5.27. The number of carbonyl (C=O) groups excluding carboxylic acids is 1. The van der Waals surface area contributed by atoms with Gasteiger partial charge in [-0.2, -0.15) is 0 Å². The summed E-state index contributed by atoms with van der Waals surface area (Å²) in [7, 11) is 0. The van der Waals surface area contributed by atoms with Gasteiger partial charge in [0, 0.05) is 6.54 Å². The fourth-order valence-corrected chi connectivity index (χ4v) is 1.54. The number of nitrogens with zero attached hydrogens (tertiary/aromatic N) is 1. The van der Waals surface area contributed by atoms with Gasteiger partial charge >= 0.3 is 0 Å². The highest BCUT2D eigenvalue weighted by Crippen LogP contribution is 2.18. The molecule has 3 nitrogen and oxygen atoms in total. The maximum atomic E-state index is 11.3. The van der Waals surface area contributed by atoms with Crippen molar-refractivity contribution in [1.29, 1.82) is 0 Å². The minimum atomic E-state index is -0.204. The van der Waals surface area contributed by atoms with E-state index in [-0.39, 0.29) is 17.3 Å². The van der Waals surface area contributed by atoms with Crippen molar-refractivity contribution < 1.29 is 9.53 Å². The molecule has 0 unspecified atom stereocenters. The average Bonchev–Trinajstić information content (AvgIpc) is 2.02. The highest BCUT2D eigenvalue weighted by atomic mass is 35.5. The van der Waals surface area contributed by atoms with Crippen LogP contribution in [-0.4, -0.2) is 42.0 Å². The standard InChI is InChI=1S/C8H14ClNO2/c1-8(2)6-12-4-3-10(8)7(11)5-9/h3-6H2,1-2H3. The number of carbonyl (C=O) groups is 1. The van der Waals surface area contributed by atoms with E-state index in [9.17, 15) is 4.79 Å². The third kappa shape index (κ3) is 1.90. The quantitative estimate of drug-likeness (QED) is 0.576. The first-order chi connectivity index (χ1) is 5.58. The zero-order valence-corrected chi connectivity index (χ0v) is 8.23. The second kappa shape index (κ2) is 3.62. The second-order valence-electron chi connectivity index (χ2n) is 3.54. The first-order valence-electron chi connectivity index (χ1n) is 4.02. The van der Waals surface area contributed by atoms with Crippen LogP contribution in [-0.2, 0) is 9.53 Å². The van der Waals surface area contributed by atoms with Gasteiger partial charge in [0.15, 0.2) is 0 Å². The van der Waals surface area contributed by atoms with Crippen molar-refractivity contribution in [3.8, 4) is 0 Å². The van der Waals surface area contributed by atoms with E-state index in [1.165, 1.54) is 0 Å². The predicted octanol–water partition coefficient (Wildman–Crippen LogP) is 0.863. The molecule has 1 aliphatic rings. The topological polar surface area (TPSA) is 29.5 Å². The zero-order chi connectivity index (χ0) is 9.19. The molecule has 1 heterocycles. The van der Waals surface area contributed by atoms with E-state index in [1.807, 2.05) is 13.8 Å². The Labute approximate surface area is 77.6 Å². The fraction of sp³-hybridized carbons (Fsp3) is 0.875. The molecular formula is C8H14ClNO2. The molecule has 0 aromatic rings. The summed E-state index contributed by atoms with van der Waals surface area (Å²) in [6, 6.07) is 0. The molecule has 1 rings (SSSR count). The third-order valence-electron chi connectivity index (χ3n) is 2.06. The molecule has 1 saturated heterocycles. The number of rotatable bonds is 1. The van der Waals surface area contributed by atoms with Gasteiger partial charge in [0.1, 0.15) is 5.88 Å². The number of halogens is 1. The molecule has 12 heavy (non-hydrogen) atoms. The molecule has 0 aromatic heterocycles. The lowest BCUT2D eigenvalue weighted by Crippen LogP contribution is -2.55. The van der Waals surface area contributed by atoms with Gasteiger partial charge in [-0.05, 0) is 13.8 Å². The minimum Gasteiger partial charge on any atom is -0.377 e. The highest BCUT2D eigenvalue weighted by Gasteiger charge is 2.33. The molecule has 0 saturated carbocycles. The third-order valence-corrected chi connectivity index (χ3v) is 2.29. The molecule has 4 heteroatoms. The van der Waals surface area contributed by atoms with Crippen molar-refractivity contribution >= 4 is 17.5 Å². The van der Waals surface area contributed by atoms with Gasteiger partial charge < -0.3 is 9.64 Å². The van der Waals surface area contributed by atoms with Crippen LogP contribution < -0.4 is 0 Å². The smallest absolute Gasteiger partial charge is 0.238 e. The summed E-state index contributed by atoms with van der Waals surface area (Å²) in [5.41, 5.74) is -0.204. The first-order valence-corrected chi connectivity index (χ1v) is 4.55. The van der Waals surface area contributed by atoms with Crippen LogP contribution in [0, 0.1) is 0 Å². The Morgan fingerprint density at radius 1 is 1.67 bits per heavy atom. The largest absolute Gasteiger partial charge is 0.377 e. The Morgan fingerprint density at radius 3 is 2.83 bits per heavy atom. The lowest BCUT2D eigenvalue weighted by atomic mass is 10.0. The van der Waals surface area contributed by atoms with Crippen molar-refractivity contribution in [3.63, 3.8) is 0 Å². The number of hydrogen-bond donors (Lipinski definition) is 0. The van der Waals surface area contributed by atoms with Crippen LogP contribution in [0.25, 0.3) is 0 Å². The monoisotopic (exact) mass is 191 g/mol. The van der Waals surface area contributed by atoms with Gasteiger partial charge in [-0.25, -0.2) is 0 Å². The van der Waals surface area contributed by atoms with Crippen LogP contribution in [0.4, 0.5) is 0 Å². The van der Waals surface area contributed by atoms with Crippen LogP contribution in [0.5, 0.6) is 0 Å². The average molecular weight is 192 g/mol. The Kier molecular flexibility index (Phi) is 2.96. The second-order valence-corrected chi connectivity index (χ2v) is 3.81. The number of morpholine rings is 1. The number of hydrogen-bond acceptors (Lipinski definition) is 2. The van der Waals surface area contributed by atoms with Gasteiger partial charge in [0.25, 0.3) is 0 Å². The molecule has 1 amide bonds. The van der Waals surface area contributed by atoms with E-state index in [0.29, 0.717) is 19.8 Å². The van der Waals surface area contributed by atoms with Crippen molar-refractivity contribution in [2.45, 2.75) is 19.4 Å². The fourth-order valence-electron chi connectivity index (χ4n) is 1.39. The van der Waals surface area contributed by atoms with E-state index >= 15 is 0 Å². The first kappa shape index (κ1) is 9.81. The van der Waals surface area contributed by atoms with Gasteiger partial charge in [-0.15, -0.1) is 11.6 Å². The Morgan fingerprint density at radius 2 is 2.33 bits per heavy atom. The predicted molar refractivity (Wildman–Crippen MR) is 47.3 cm³/mol. The van der Waals surface area contributed by atoms with Crippen molar-refractivity contribution in [2.75, 3.05) is 25.6 Å². The molecular weight excluding hydrogens is 178 g/mol. The molecule has 0 spiro atoms. The molecule has 70 valence electrons. The summed E-state index contributed by atoms with van der Waals surface area (Å²) >= 11 is 5.48. The van der Waals surface area contributed by atoms with Crippen molar-refractivity contribution in [3.05, 3.63) is 0 Å². The summed E-state index contributed by atoms with van der Waals surface area (Å²) in [6.07, 6.45) is 0. The summed E-state index contributed by atoms with van der Waals surface area (Å²) in [5.74, 6) is 0.0497. The van der Waals surface area contributed by atoms with Crippen LogP contribution >= 0.6 is 11.6 Å². The number of ether oxygens (including phenoxy) is 1. The maximum absolute atomic E-state index is 11.3. The van der Waals surface area contributed by atoms with Crippen LogP contribution in [0.15, 0.2) is 0 Å². The van der Waals surface area contributed by atoms with Crippen molar-refractivity contribution in [2.24, 2.45) is 0 Å². The SMILES string of the molecule is CC1(C)COCCN1C(=O)CCl. The Bertz CT molecular complexity index is 182. The molecule has 0 aliphatic carbocycles. The molecule has 0 bridgehead atoms. The molecule has 0 atom stereocenters. The van der Waals surface area contributed by atoms with Gasteiger partial charge in [-0.1, -0.05) is 0 Å². The minimum absolute atomic E-state index is 0.00929. The lowest BCUT2D eigenvalue weighted by molar-refractivity contribution is -0.143.